The summed E-state index contributed by atoms with van der Waals surface area (Å²) in [4.78, 5) is 13.5. The molecule has 0 saturated carbocycles. The van der Waals surface area contributed by atoms with Crippen molar-refractivity contribution in [1.29, 1.82) is 0 Å². The average molecular weight is 265 g/mol. The van der Waals surface area contributed by atoms with Crippen LogP contribution in [0.2, 0.25) is 0 Å². The lowest BCUT2D eigenvalue weighted by Crippen LogP contribution is -1.85. The van der Waals surface area contributed by atoms with E-state index in [1.807, 2.05) is 0 Å². The first-order chi connectivity index (χ1) is 8.56. The molecule has 0 atom stereocenters. The van der Waals surface area contributed by atoms with Crippen LogP contribution in [-0.4, -0.2) is 15.0 Å². The van der Waals surface area contributed by atoms with Crippen molar-refractivity contribution in [2.24, 2.45) is 10.2 Å². The number of anilines is 1. The van der Waals surface area contributed by atoms with Crippen molar-refractivity contribution in [3.63, 3.8) is 0 Å². The molecule has 1 heterocycles. The van der Waals surface area contributed by atoms with Gasteiger partial charge in [-0.2, -0.15) is 4.98 Å². The Morgan fingerprint density at radius 2 is 2.00 bits per heavy atom. The summed E-state index contributed by atoms with van der Waals surface area (Å²) in [5, 5.41) is 27.7. The van der Waals surface area contributed by atoms with E-state index >= 15 is 0 Å². The number of hydrogen-bond acceptors (Lipinski definition) is 8. The number of thiazole rings is 1. The maximum atomic E-state index is 10.4. The first-order valence-corrected chi connectivity index (χ1v) is 5.49. The van der Waals surface area contributed by atoms with Gasteiger partial charge in [0, 0.05) is 12.1 Å². The zero-order chi connectivity index (χ0) is 13.1. The van der Waals surface area contributed by atoms with Crippen LogP contribution >= 0.6 is 11.3 Å². The third kappa shape index (κ3) is 2.58. The molecule has 3 N–H and O–H groups in total. The molecule has 92 valence electrons. The number of aromatic nitrogens is 1. The van der Waals surface area contributed by atoms with Crippen molar-refractivity contribution in [2.75, 3.05) is 5.73 Å². The number of nitrogens with zero attached hydrogens (tertiary/aromatic N) is 4. The average Bonchev–Trinajstić information content (AvgIpc) is 2.66. The molecule has 0 unspecified atom stereocenters. The van der Waals surface area contributed by atoms with E-state index in [-0.39, 0.29) is 21.7 Å². The molecular weight excluding hydrogens is 258 g/mol. The van der Waals surface area contributed by atoms with Crippen molar-refractivity contribution >= 4 is 32.8 Å². The molecule has 1 aromatic carbocycles. The van der Waals surface area contributed by atoms with Crippen molar-refractivity contribution < 1.29 is 10.0 Å². The molecule has 0 radical (unpaired) electrons. The Hall–Kier alpha value is -2.55. The van der Waals surface area contributed by atoms with Gasteiger partial charge in [0.2, 0.25) is 5.00 Å². The Morgan fingerprint density at radius 3 is 2.50 bits per heavy atom. The molecule has 0 spiro atoms. The highest BCUT2D eigenvalue weighted by Crippen LogP contribution is 2.35. The maximum absolute atomic E-state index is 10.4. The third-order valence-corrected chi connectivity index (χ3v) is 2.68. The number of benzene rings is 1. The lowest BCUT2D eigenvalue weighted by atomic mass is 10.3. The van der Waals surface area contributed by atoms with E-state index in [1.165, 1.54) is 24.3 Å². The Bertz CT molecular complexity index is 607. The first kappa shape index (κ1) is 11.9. The molecule has 2 rings (SSSR count). The monoisotopic (exact) mass is 265 g/mol. The van der Waals surface area contributed by atoms with E-state index in [9.17, 15) is 15.2 Å². The molecule has 0 aliphatic heterocycles. The van der Waals surface area contributed by atoms with Gasteiger partial charge in [-0.3, -0.25) is 10.1 Å². The number of nitro groups is 1. The minimum atomic E-state index is -0.503. The molecule has 0 fully saturated rings. The van der Waals surface area contributed by atoms with E-state index in [0.717, 1.165) is 11.3 Å². The van der Waals surface area contributed by atoms with Crippen LogP contribution < -0.4 is 5.73 Å². The summed E-state index contributed by atoms with van der Waals surface area (Å²) in [6.07, 6.45) is 0. The van der Waals surface area contributed by atoms with Gasteiger partial charge in [0.25, 0.3) is 11.6 Å². The summed E-state index contributed by atoms with van der Waals surface area (Å²) < 4.78 is 0. The molecule has 9 heteroatoms. The summed E-state index contributed by atoms with van der Waals surface area (Å²) in [7, 11) is 0. The number of rotatable bonds is 3. The molecule has 0 bridgehead atoms. The first-order valence-electron chi connectivity index (χ1n) is 4.68. The number of hydrogen-bond donors (Lipinski definition) is 2. The van der Waals surface area contributed by atoms with Gasteiger partial charge < -0.3 is 10.8 Å². The Labute approximate surface area is 105 Å². The van der Waals surface area contributed by atoms with Gasteiger partial charge in [-0.1, -0.05) is 11.3 Å². The summed E-state index contributed by atoms with van der Waals surface area (Å²) in [5.74, 6) is -0.289. The van der Waals surface area contributed by atoms with Crippen molar-refractivity contribution in [3.05, 3.63) is 34.4 Å². The van der Waals surface area contributed by atoms with E-state index in [1.54, 1.807) is 0 Å². The lowest BCUT2D eigenvalue weighted by Gasteiger charge is -1.92. The van der Waals surface area contributed by atoms with Gasteiger partial charge in [0.1, 0.15) is 0 Å². The molecule has 1 aromatic heterocycles. The van der Waals surface area contributed by atoms with Crippen molar-refractivity contribution in [2.45, 2.75) is 0 Å². The topological polar surface area (TPSA) is 127 Å². The number of nitro benzene ring substituents is 1. The van der Waals surface area contributed by atoms with E-state index in [0.29, 0.717) is 5.69 Å². The molecule has 0 aliphatic carbocycles. The van der Waals surface area contributed by atoms with Crippen LogP contribution in [0, 0.1) is 10.1 Å². The molecule has 18 heavy (non-hydrogen) atoms. The Kier molecular flexibility index (Phi) is 3.15. The number of nitrogen functional groups attached to an aromatic ring is 1. The van der Waals surface area contributed by atoms with Crippen LogP contribution in [0.15, 0.2) is 34.5 Å². The minimum absolute atomic E-state index is 0.0289. The standard InChI is InChI=1S/C9H7N5O3S/c10-9-11-7(15)8(18-9)13-12-5-1-3-6(4-2-5)14(16)17/h1-4,15H,(H2,10,11). The second kappa shape index (κ2) is 4.75. The summed E-state index contributed by atoms with van der Waals surface area (Å²) in [6.45, 7) is 0. The Balaban J connectivity index is 2.18. The van der Waals surface area contributed by atoms with E-state index < -0.39 is 4.92 Å². The molecule has 0 aliphatic rings. The fourth-order valence-corrected chi connectivity index (χ4v) is 1.68. The van der Waals surface area contributed by atoms with Crippen LogP contribution in [0.25, 0.3) is 0 Å². The largest absolute Gasteiger partial charge is 0.491 e. The smallest absolute Gasteiger partial charge is 0.269 e. The quantitative estimate of drug-likeness (QED) is 0.501. The van der Waals surface area contributed by atoms with Gasteiger partial charge in [0.05, 0.1) is 10.6 Å². The van der Waals surface area contributed by atoms with Crippen molar-refractivity contribution in [3.8, 4) is 5.88 Å². The van der Waals surface area contributed by atoms with Gasteiger partial charge >= 0.3 is 0 Å². The zero-order valence-electron chi connectivity index (χ0n) is 8.85. The van der Waals surface area contributed by atoms with E-state index in [2.05, 4.69) is 15.2 Å². The lowest BCUT2D eigenvalue weighted by molar-refractivity contribution is -0.384. The fourth-order valence-electron chi connectivity index (χ4n) is 1.13. The molecule has 0 saturated heterocycles. The summed E-state index contributed by atoms with van der Waals surface area (Å²) >= 11 is 0.990. The number of azo groups is 1. The highest BCUT2D eigenvalue weighted by atomic mass is 32.1. The second-order valence-corrected chi connectivity index (χ2v) is 4.16. The Morgan fingerprint density at radius 1 is 1.33 bits per heavy atom. The van der Waals surface area contributed by atoms with Gasteiger partial charge in [-0.25, -0.2) is 0 Å². The van der Waals surface area contributed by atoms with Gasteiger partial charge in [-0.15, -0.1) is 10.2 Å². The van der Waals surface area contributed by atoms with E-state index in [4.69, 9.17) is 5.73 Å². The van der Waals surface area contributed by atoms with Crippen LogP contribution in [0.1, 0.15) is 0 Å². The fraction of sp³-hybridized carbons (Fsp3) is 0. The predicted molar refractivity (Wildman–Crippen MR) is 65.5 cm³/mol. The molecule has 8 nitrogen and oxygen atoms in total. The van der Waals surface area contributed by atoms with Crippen LogP contribution in [0.5, 0.6) is 5.88 Å². The van der Waals surface area contributed by atoms with Gasteiger partial charge in [0.15, 0.2) is 5.13 Å². The number of nitrogens with two attached hydrogens (primary N) is 1. The normalized spacial score (nSPS) is 10.9. The van der Waals surface area contributed by atoms with Crippen LogP contribution in [0.3, 0.4) is 0 Å². The SMILES string of the molecule is Nc1nc(O)c(N=Nc2ccc([N+](=O)[O-])cc2)s1. The third-order valence-electron chi connectivity index (χ3n) is 1.93. The number of non-ortho nitro benzene ring substituents is 1. The minimum Gasteiger partial charge on any atom is -0.491 e. The highest BCUT2D eigenvalue weighted by Gasteiger charge is 2.07. The second-order valence-electron chi connectivity index (χ2n) is 3.15. The predicted octanol–water partition coefficient (Wildman–Crippen LogP) is 2.75. The highest BCUT2D eigenvalue weighted by molar-refractivity contribution is 7.19. The summed E-state index contributed by atoms with van der Waals surface area (Å²) in [6, 6.07) is 5.52. The van der Waals surface area contributed by atoms with Crippen LogP contribution in [-0.2, 0) is 0 Å². The molecular formula is C9H7N5O3S. The maximum Gasteiger partial charge on any atom is 0.269 e. The number of aromatic hydroxyl groups is 1. The van der Waals surface area contributed by atoms with Gasteiger partial charge in [-0.05, 0) is 12.1 Å². The molecule has 0 amide bonds. The van der Waals surface area contributed by atoms with Crippen LogP contribution in [0.4, 0.5) is 21.5 Å². The molecule has 2 aromatic rings. The van der Waals surface area contributed by atoms with Crippen molar-refractivity contribution in [1.82, 2.24) is 4.98 Å². The zero-order valence-corrected chi connectivity index (χ0v) is 9.66. The summed E-state index contributed by atoms with van der Waals surface area (Å²) in [5.41, 5.74) is 5.77.